The van der Waals surface area contributed by atoms with Crippen molar-refractivity contribution in [3.8, 4) is 0 Å². The van der Waals surface area contributed by atoms with Crippen LogP contribution in [-0.4, -0.2) is 4.98 Å². The Hall–Kier alpha value is -0.410. The summed E-state index contributed by atoms with van der Waals surface area (Å²) in [5.41, 5.74) is 5.97. The zero-order chi connectivity index (χ0) is 6.85. The Morgan fingerprint density at radius 2 is 2.33 bits per heavy atom. The summed E-state index contributed by atoms with van der Waals surface area (Å²) in [5.74, 6) is 0. The van der Waals surface area contributed by atoms with Crippen molar-refractivity contribution in [3.05, 3.63) is 17.4 Å². The maximum Gasteiger partial charge on any atom is 0.131 e. The molecule has 1 aromatic heterocycles. The lowest BCUT2D eigenvalue weighted by Gasteiger charge is -1.95. The molecule has 0 unspecified atom stereocenters. The van der Waals surface area contributed by atoms with Crippen LogP contribution < -0.4 is 5.73 Å². The van der Waals surface area contributed by atoms with Gasteiger partial charge in [-0.05, 0) is 6.07 Å². The third-order valence-corrected chi connectivity index (χ3v) is 1.46. The highest BCUT2D eigenvalue weighted by Gasteiger charge is 1.93. The summed E-state index contributed by atoms with van der Waals surface area (Å²) in [5, 5.41) is 0.394. The summed E-state index contributed by atoms with van der Waals surface area (Å²) in [7, 11) is 0. The minimum atomic E-state index is 0.394. The number of anilines is 1. The van der Waals surface area contributed by atoms with Crippen molar-refractivity contribution in [1.82, 2.24) is 4.98 Å². The van der Waals surface area contributed by atoms with E-state index in [1.807, 2.05) is 0 Å². The lowest BCUT2D eigenvalue weighted by molar-refractivity contribution is 1.25. The van der Waals surface area contributed by atoms with Crippen molar-refractivity contribution in [2.45, 2.75) is 4.90 Å². The Kier molecular flexibility index (Phi) is 1.83. The number of rotatable bonds is 0. The van der Waals surface area contributed by atoms with Crippen LogP contribution in [0, 0.1) is 0 Å². The standard InChI is InChI=1S/C5H5ClN2S/c6-5-1-3(7)4(9)2-8-5/h1-2,9H,(H2,7,8). The van der Waals surface area contributed by atoms with E-state index in [9.17, 15) is 0 Å². The first-order valence-corrected chi connectivity index (χ1v) is 3.12. The van der Waals surface area contributed by atoms with Gasteiger partial charge in [0.2, 0.25) is 0 Å². The van der Waals surface area contributed by atoms with Crippen LogP contribution in [0.5, 0.6) is 0 Å². The molecule has 0 aliphatic rings. The fourth-order valence-electron chi connectivity index (χ4n) is 0.437. The first kappa shape index (κ1) is 6.71. The van der Waals surface area contributed by atoms with E-state index in [4.69, 9.17) is 17.3 Å². The predicted octanol–water partition coefficient (Wildman–Crippen LogP) is 1.61. The molecule has 1 aromatic rings. The molecule has 1 heterocycles. The molecule has 0 aromatic carbocycles. The highest BCUT2D eigenvalue weighted by atomic mass is 35.5. The van der Waals surface area contributed by atoms with Crippen LogP contribution in [0.1, 0.15) is 0 Å². The minimum Gasteiger partial charge on any atom is -0.398 e. The average molecular weight is 161 g/mol. The molecule has 2 nitrogen and oxygen atoms in total. The predicted molar refractivity (Wildman–Crippen MR) is 40.9 cm³/mol. The Bertz CT molecular complexity index is 226. The minimum absolute atomic E-state index is 0.394. The van der Waals surface area contributed by atoms with Crippen LogP contribution in [0.3, 0.4) is 0 Å². The number of aromatic nitrogens is 1. The Morgan fingerprint density at radius 3 is 2.78 bits per heavy atom. The van der Waals surface area contributed by atoms with E-state index in [-0.39, 0.29) is 0 Å². The SMILES string of the molecule is Nc1cc(Cl)ncc1S. The van der Waals surface area contributed by atoms with Crippen molar-refractivity contribution < 1.29 is 0 Å². The molecule has 0 aliphatic carbocycles. The zero-order valence-corrected chi connectivity index (χ0v) is 6.15. The maximum atomic E-state index is 5.49. The molecule has 9 heavy (non-hydrogen) atoms. The van der Waals surface area contributed by atoms with Gasteiger partial charge in [0.05, 0.1) is 0 Å². The Labute approximate surface area is 63.4 Å². The lowest BCUT2D eigenvalue weighted by atomic mass is 10.4. The highest BCUT2D eigenvalue weighted by Crippen LogP contribution is 2.17. The van der Waals surface area contributed by atoms with Crippen molar-refractivity contribution >= 4 is 29.9 Å². The second-order valence-corrected chi connectivity index (χ2v) is 2.43. The van der Waals surface area contributed by atoms with Gasteiger partial charge in [-0.1, -0.05) is 11.6 Å². The number of nitrogens with two attached hydrogens (primary N) is 1. The Balaban J connectivity index is 3.17. The topological polar surface area (TPSA) is 38.9 Å². The first-order chi connectivity index (χ1) is 4.20. The molecule has 0 spiro atoms. The van der Waals surface area contributed by atoms with Gasteiger partial charge in [0, 0.05) is 16.8 Å². The van der Waals surface area contributed by atoms with Crippen molar-refractivity contribution in [2.75, 3.05) is 5.73 Å². The number of halogens is 1. The molecule has 0 amide bonds. The van der Waals surface area contributed by atoms with E-state index in [2.05, 4.69) is 17.6 Å². The van der Waals surface area contributed by atoms with Crippen LogP contribution in [0.15, 0.2) is 17.2 Å². The molecule has 0 saturated carbocycles. The smallest absolute Gasteiger partial charge is 0.131 e. The molecule has 0 bridgehead atoms. The third kappa shape index (κ3) is 1.50. The van der Waals surface area contributed by atoms with Gasteiger partial charge >= 0.3 is 0 Å². The van der Waals surface area contributed by atoms with E-state index in [1.165, 1.54) is 6.20 Å². The second-order valence-electron chi connectivity index (χ2n) is 1.57. The number of nitrogens with zero attached hydrogens (tertiary/aromatic N) is 1. The van der Waals surface area contributed by atoms with Gasteiger partial charge in [0.25, 0.3) is 0 Å². The van der Waals surface area contributed by atoms with Crippen LogP contribution in [0.4, 0.5) is 5.69 Å². The fourth-order valence-corrected chi connectivity index (χ4v) is 0.725. The first-order valence-electron chi connectivity index (χ1n) is 2.30. The summed E-state index contributed by atoms with van der Waals surface area (Å²) in [6.45, 7) is 0. The molecule has 2 N–H and O–H groups in total. The second kappa shape index (κ2) is 2.45. The number of pyridine rings is 1. The van der Waals surface area contributed by atoms with Crippen molar-refractivity contribution in [2.24, 2.45) is 0 Å². The highest BCUT2D eigenvalue weighted by molar-refractivity contribution is 7.80. The van der Waals surface area contributed by atoms with Gasteiger partial charge in [-0.25, -0.2) is 4.98 Å². The zero-order valence-electron chi connectivity index (χ0n) is 4.50. The van der Waals surface area contributed by atoms with Crippen LogP contribution in [-0.2, 0) is 0 Å². The maximum absolute atomic E-state index is 5.49. The van der Waals surface area contributed by atoms with Crippen molar-refractivity contribution in [3.63, 3.8) is 0 Å². The number of hydrogen-bond donors (Lipinski definition) is 2. The quantitative estimate of drug-likeness (QED) is 0.447. The molecule has 0 fully saturated rings. The Morgan fingerprint density at radius 1 is 1.67 bits per heavy atom. The van der Waals surface area contributed by atoms with Crippen molar-refractivity contribution in [1.29, 1.82) is 0 Å². The van der Waals surface area contributed by atoms with E-state index < -0.39 is 0 Å². The number of hydrogen-bond acceptors (Lipinski definition) is 3. The van der Waals surface area contributed by atoms with Gasteiger partial charge in [0.1, 0.15) is 5.15 Å². The molecule has 0 radical (unpaired) electrons. The third-order valence-electron chi connectivity index (χ3n) is 0.881. The van der Waals surface area contributed by atoms with Gasteiger partial charge in [-0.15, -0.1) is 12.6 Å². The molecule has 4 heteroatoms. The van der Waals surface area contributed by atoms with E-state index >= 15 is 0 Å². The van der Waals surface area contributed by atoms with Crippen LogP contribution >= 0.6 is 24.2 Å². The van der Waals surface area contributed by atoms with Gasteiger partial charge in [-0.3, -0.25) is 0 Å². The number of nitrogen functional groups attached to an aromatic ring is 1. The summed E-state index contributed by atoms with van der Waals surface area (Å²) >= 11 is 9.49. The molecule has 0 atom stereocenters. The number of thiol groups is 1. The fraction of sp³-hybridized carbons (Fsp3) is 0. The van der Waals surface area contributed by atoms with Gasteiger partial charge in [0.15, 0.2) is 0 Å². The normalized spacial score (nSPS) is 9.56. The average Bonchev–Trinajstić information content (AvgIpc) is 1.80. The summed E-state index contributed by atoms with van der Waals surface area (Å²) in [6.07, 6.45) is 1.51. The molecular weight excluding hydrogens is 156 g/mol. The van der Waals surface area contributed by atoms with Crippen LogP contribution in [0.2, 0.25) is 5.15 Å². The summed E-state index contributed by atoms with van der Waals surface area (Å²) < 4.78 is 0. The molecular formula is C5H5ClN2S. The largest absolute Gasteiger partial charge is 0.398 e. The van der Waals surface area contributed by atoms with E-state index in [0.717, 1.165) is 0 Å². The van der Waals surface area contributed by atoms with Gasteiger partial charge < -0.3 is 5.73 Å². The summed E-state index contributed by atoms with van der Waals surface area (Å²) in [6, 6.07) is 1.56. The monoisotopic (exact) mass is 160 g/mol. The summed E-state index contributed by atoms with van der Waals surface area (Å²) in [4.78, 5) is 4.40. The van der Waals surface area contributed by atoms with Crippen LogP contribution in [0.25, 0.3) is 0 Å². The molecule has 0 saturated heterocycles. The van der Waals surface area contributed by atoms with E-state index in [1.54, 1.807) is 6.07 Å². The lowest BCUT2D eigenvalue weighted by Crippen LogP contribution is -1.87. The molecule has 0 aliphatic heterocycles. The van der Waals surface area contributed by atoms with E-state index in [0.29, 0.717) is 15.7 Å². The van der Waals surface area contributed by atoms with Gasteiger partial charge in [-0.2, -0.15) is 0 Å². The molecule has 48 valence electrons. The molecule has 1 rings (SSSR count).